The van der Waals surface area contributed by atoms with Crippen molar-refractivity contribution in [1.82, 2.24) is 0 Å². The van der Waals surface area contributed by atoms with Crippen molar-refractivity contribution >= 4 is 5.97 Å². The molecule has 0 unspecified atom stereocenters. The lowest BCUT2D eigenvalue weighted by Gasteiger charge is -2.61. The molecule has 2 nitrogen and oxygen atoms in total. The summed E-state index contributed by atoms with van der Waals surface area (Å²) in [6.45, 7) is 14.2. The molecule has 31 heavy (non-hydrogen) atoms. The molecule has 0 aliphatic heterocycles. The maximum absolute atomic E-state index is 11.5. The average molecular weight is 431 g/mol. The molecule has 0 bridgehead atoms. The van der Waals surface area contributed by atoms with E-state index in [1.54, 1.807) is 6.92 Å². The van der Waals surface area contributed by atoms with Crippen LogP contribution < -0.4 is 0 Å². The van der Waals surface area contributed by atoms with Gasteiger partial charge in [-0.2, -0.15) is 0 Å². The Bertz CT molecular complexity index is 641. The summed E-state index contributed by atoms with van der Waals surface area (Å²) in [6.07, 6.45) is 16.6. The van der Waals surface area contributed by atoms with Crippen LogP contribution in [0, 0.1) is 52.3 Å². The third-order valence-electron chi connectivity index (χ3n) is 11.2. The Kier molecular flexibility index (Phi) is 6.87. The van der Waals surface area contributed by atoms with E-state index in [1.807, 2.05) is 0 Å². The molecule has 4 fully saturated rings. The molecule has 0 amide bonds. The largest absolute Gasteiger partial charge is 0.463 e. The zero-order valence-electron chi connectivity index (χ0n) is 21.4. The Morgan fingerprint density at radius 2 is 1.61 bits per heavy atom. The van der Waals surface area contributed by atoms with Gasteiger partial charge in [-0.3, -0.25) is 4.79 Å². The second-order valence-corrected chi connectivity index (χ2v) is 13.2. The van der Waals surface area contributed by atoms with Crippen molar-refractivity contribution < 1.29 is 9.53 Å². The molecule has 0 spiro atoms. The van der Waals surface area contributed by atoms with Crippen LogP contribution in [0.25, 0.3) is 0 Å². The molecule has 0 saturated heterocycles. The van der Waals surface area contributed by atoms with E-state index in [1.165, 1.54) is 64.2 Å². The van der Waals surface area contributed by atoms with Crippen LogP contribution in [0.2, 0.25) is 0 Å². The monoisotopic (exact) mass is 430 g/mol. The topological polar surface area (TPSA) is 26.3 Å². The van der Waals surface area contributed by atoms with E-state index in [2.05, 4.69) is 34.6 Å². The molecule has 0 N–H and O–H groups in total. The van der Waals surface area contributed by atoms with E-state index in [-0.39, 0.29) is 12.1 Å². The van der Waals surface area contributed by atoms with Crippen LogP contribution in [0.3, 0.4) is 0 Å². The Morgan fingerprint density at radius 1 is 0.903 bits per heavy atom. The molecule has 9 atom stereocenters. The molecular formula is C29H50O2. The highest BCUT2D eigenvalue weighted by Crippen LogP contribution is 2.68. The van der Waals surface area contributed by atoms with Gasteiger partial charge in [-0.15, -0.1) is 0 Å². The van der Waals surface area contributed by atoms with Crippen molar-refractivity contribution in [1.29, 1.82) is 0 Å². The molecule has 0 heterocycles. The maximum atomic E-state index is 11.5. The zero-order valence-corrected chi connectivity index (χ0v) is 21.4. The first-order valence-electron chi connectivity index (χ1n) is 13.8. The third kappa shape index (κ3) is 4.35. The van der Waals surface area contributed by atoms with Crippen LogP contribution in [0.5, 0.6) is 0 Å². The summed E-state index contributed by atoms with van der Waals surface area (Å²) in [5.74, 6) is 6.22. The molecule has 4 aliphatic carbocycles. The highest BCUT2D eigenvalue weighted by Gasteiger charge is 2.60. The van der Waals surface area contributed by atoms with E-state index in [9.17, 15) is 4.79 Å². The van der Waals surface area contributed by atoms with Crippen LogP contribution in [0.1, 0.15) is 119 Å². The molecule has 0 aromatic carbocycles. The van der Waals surface area contributed by atoms with Gasteiger partial charge in [0, 0.05) is 6.92 Å². The number of hydrogen-bond acceptors (Lipinski definition) is 2. The Labute approximate surface area is 192 Å². The number of carbonyl (C=O) groups excluding carboxylic acids is 1. The number of esters is 1. The summed E-state index contributed by atoms with van der Waals surface area (Å²) in [7, 11) is 0. The fraction of sp³-hybridized carbons (Fsp3) is 0.966. The van der Waals surface area contributed by atoms with Gasteiger partial charge in [0.1, 0.15) is 6.10 Å². The van der Waals surface area contributed by atoms with Crippen LogP contribution in [-0.4, -0.2) is 12.1 Å². The van der Waals surface area contributed by atoms with Crippen molar-refractivity contribution in [3.8, 4) is 0 Å². The lowest BCUT2D eigenvalue weighted by Crippen LogP contribution is -2.54. The minimum Gasteiger partial charge on any atom is -0.463 e. The quantitative estimate of drug-likeness (QED) is 0.398. The molecule has 0 aromatic rings. The van der Waals surface area contributed by atoms with Crippen LogP contribution in [0.4, 0.5) is 0 Å². The average Bonchev–Trinajstić information content (AvgIpc) is 3.05. The summed E-state index contributed by atoms with van der Waals surface area (Å²) in [4.78, 5) is 11.5. The predicted octanol–water partition coefficient (Wildman–Crippen LogP) is 8.04. The number of hydrogen-bond donors (Lipinski definition) is 0. The van der Waals surface area contributed by atoms with E-state index >= 15 is 0 Å². The van der Waals surface area contributed by atoms with E-state index in [0.29, 0.717) is 10.8 Å². The summed E-state index contributed by atoms with van der Waals surface area (Å²) >= 11 is 0. The third-order valence-corrected chi connectivity index (χ3v) is 11.2. The van der Waals surface area contributed by atoms with Gasteiger partial charge in [0.25, 0.3) is 0 Å². The van der Waals surface area contributed by atoms with Crippen LogP contribution >= 0.6 is 0 Å². The highest BCUT2D eigenvalue weighted by atomic mass is 16.5. The highest BCUT2D eigenvalue weighted by molar-refractivity contribution is 5.66. The molecule has 0 aromatic heterocycles. The normalized spacial score (nSPS) is 45.5. The van der Waals surface area contributed by atoms with E-state index in [4.69, 9.17) is 4.74 Å². The van der Waals surface area contributed by atoms with Crippen molar-refractivity contribution in [2.75, 3.05) is 0 Å². The van der Waals surface area contributed by atoms with Crippen molar-refractivity contribution in [3.05, 3.63) is 0 Å². The Balaban J connectivity index is 1.43. The van der Waals surface area contributed by atoms with Gasteiger partial charge >= 0.3 is 5.97 Å². The summed E-state index contributed by atoms with van der Waals surface area (Å²) in [5, 5.41) is 0. The molecule has 0 radical (unpaired) electrons. The van der Waals surface area contributed by atoms with Crippen molar-refractivity contribution in [3.63, 3.8) is 0 Å². The van der Waals surface area contributed by atoms with Crippen molar-refractivity contribution in [2.24, 2.45) is 52.3 Å². The molecule has 4 rings (SSSR count). The first-order chi connectivity index (χ1) is 14.6. The lowest BCUT2D eigenvalue weighted by molar-refractivity contribution is -0.160. The van der Waals surface area contributed by atoms with Gasteiger partial charge in [-0.1, -0.05) is 53.9 Å². The van der Waals surface area contributed by atoms with Gasteiger partial charge in [-0.25, -0.2) is 0 Å². The standard InChI is InChI=1S/C29H50O2/c1-19(2)8-7-9-20(3)25-12-13-26-24-11-10-22-18-23(31-21(4)30)14-16-28(22,5)27(24)15-17-29(25,26)6/h19-20,22-27H,7-18H2,1-6H3/t20-,22-,23-,24-,25+,26-,27-,28-,29+/m0/s1. The predicted molar refractivity (Wildman–Crippen MR) is 129 cm³/mol. The van der Waals surface area contributed by atoms with Gasteiger partial charge in [0.15, 0.2) is 0 Å². The summed E-state index contributed by atoms with van der Waals surface area (Å²) in [5.41, 5.74) is 1.08. The summed E-state index contributed by atoms with van der Waals surface area (Å²) in [6, 6.07) is 0. The van der Waals surface area contributed by atoms with Gasteiger partial charge in [0.2, 0.25) is 0 Å². The van der Waals surface area contributed by atoms with Gasteiger partial charge in [0.05, 0.1) is 0 Å². The molecule has 4 aliphatic rings. The SMILES string of the molecule is CC(=O)O[C@H]1CC[C@@]2(C)[C@@H](CC[C@@H]3[C@@H]2CC[C@]2(C)[C@@H]([C@@H](C)CCCC(C)C)CC[C@@H]32)C1. The maximum Gasteiger partial charge on any atom is 0.302 e. The van der Waals surface area contributed by atoms with Gasteiger partial charge < -0.3 is 4.74 Å². The zero-order chi connectivity index (χ0) is 22.4. The smallest absolute Gasteiger partial charge is 0.302 e. The lowest BCUT2D eigenvalue weighted by atomic mass is 9.44. The number of ether oxygens (including phenoxy) is 1. The molecule has 2 heteroatoms. The fourth-order valence-corrected chi connectivity index (χ4v) is 9.59. The Hall–Kier alpha value is -0.530. The van der Waals surface area contributed by atoms with E-state index in [0.717, 1.165) is 54.3 Å². The van der Waals surface area contributed by atoms with E-state index < -0.39 is 0 Å². The fourth-order valence-electron chi connectivity index (χ4n) is 9.59. The Morgan fingerprint density at radius 3 is 2.32 bits per heavy atom. The minimum absolute atomic E-state index is 0.0877. The molecule has 178 valence electrons. The second kappa shape index (κ2) is 9.02. The van der Waals surface area contributed by atoms with Gasteiger partial charge in [-0.05, 0) is 110 Å². The number of carbonyl (C=O) groups is 1. The second-order valence-electron chi connectivity index (χ2n) is 13.2. The van der Waals surface area contributed by atoms with Crippen LogP contribution in [0.15, 0.2) is 0 Å². The first kappa shape index (κ1) is 23.6. The first-order valence-corrected chi connectivity index (χ1v) is 13.8. The summed E-state index contributed by atoms with van der Waals surface area (Å²) < 4.78 is 5.65. The molecule has 4 saturated carbocycles. The number of fused-ring (bicyclic) bond motifs is 5. The molecular weight excluding hydrogens is 380 g/mol. The minimum atomic E-state index is -0.0877. The number of rotatable bonds is 6. The van der Waals surface area contributed by atoms with Crippen LogP contribution in [-0.2, 0) is 9.53 Å². The van der Waals surface area contributed by atoms with Crippen molar-refractivity contribution in [2.45, 2.75) is 125 Å².